The molecule has 0 fully saturated rings. The van der Waals surface area contributed by atoms with Crippen molar-refractivity contribution in [1.29, 1.82) is 0 Å². The van der Waals surface area contributed by atoms with Gasteiger partial charge in [-0.1, -0.05) is 21.1 Å². The third-order valence-electron chi connectivity index (χ3n) is 2.17. The van der Waals surface area contributed by atoms with E-state index >= 15 is 0 Å². The Morgan fingerprint density at radius 2 is 2.35 bits per heavy atom. The Kier molecular flexibility index (Phi) is 3.48. The minimum Gasteiger partial charge on any atom is -0.325 e. The monoisotopic (exact) mass is 295 g/mol. The fourth-order valence-electron chi connectivity index (χ4n) is 1.36. The Labute approximate surface area is 106 Å². The molecule has 0 spiro atoms. The lowest BCUT2D eigenvalue weighted by molar-refractivity contribution is -0.115. The first-order valence-electron chi connectivity index (χ1n) is 4.93. The number of anilines is 1. The van der Waals surface area contributed by atoms with Crippen LogP contribution in [0.25, 0.3) is 0 Å². The average Bonchev–Trinajstić information content (AvgIpc) is 2.75. The summed E-state index contributed by atoms with van der Waals surface area (Å²) in [6.07, 6.45) is 0.103. The van der Waals surface area contributed by atoms with Gasteiger partial charge in [0.15, 0.2) is 5.82 Å². The molecule has 1 amide bonds. The first kappa shape index (κ1) is 11.7. The number of aromatic amines is 1. The van der Waals surface area contributed by atoms with Crippen molar-refractivity contribution in [3.8, 4) is 0 Å². The summed E-state index contributed by atoms with van der Waals surface area (Å²) < 4.78 is 0.978. The molecule has 0 bridgehead atoms. The number of tetrazole rings is 1. The molecule has 0 aliphatic rings. The number of aromatic nitrogens is 4. The zero-order valence-corrected chi connectivity index (χ0v) is 10.7. The number of rotatable bonds is 3. The average molecular weight is 296 g/mol. The van der Waals surface area contributed by atoms with Gasteiger partial charge in [0.05, 0.1) is 6.42 Å². The molecule has 1 heterocycles. The van der Waals surface area contributed by atoms with E-state index in [1.54, 1.807) is 0 Å². The molecule has 88 valence electrons. The molecule has 2 N–H and O–H groups in total. The van der Waals surface area contributed by atoms with Gasteiger partial charge in [0, 0.05) is 10.2 Å². The van der Waals surface area contributed by atoms with Crippen molar-refractivity contribution in [1.82, 2.24) is 20.6 Å². The van der Waals surface area contributed by atoms with Crippen LogP contribution in [0.1, 0.15) is 11.4 Å². The van der Waals surface area contributed by atoms with Crippen LogP contribution in [0, 0.1) is 6.92 Å². The lowest BCUT2D eigenvalue weighted by atomic mass is 10.2. The molecule has 1 aromatic carbocycles. The zero-order chi connectivity index (χ0) is 12.3. The first-order valence-corrected chi connectivity index (χ1v) is 5.73. The summed E-state index contributed by atoms with van der Waals surface area (Å²) in [4.78, 5) is 11.7. The summed E-state index contributed by atoms with van der Waals surface area (Å²) in [6, 6.07) is 5.65. The molecule has 17 heavy (non-hydrogen) atoms. The molecule has 2 rings (SSSR count). The Balaban J connectivity index is 2.03. The predicted octanol–water partition coefficient (Wildman–Crippen LogP) is 1.45. The van der Waals surface area contributed by atoms with E-state index in [2.05, 4.69) is 41.9 Å². The minimum atomic E-state index is -0.170. The second-order valence-corrected chi connectivity index (χ2v) is 4.43. The van der Waals surface area contributed by atoms with Crippen molar-refractivity contribution < 1.29 is 4.79 Å². The number of nitrogens with one attached hydrogen (secondary N) is 2. The van der Waals surface area contributed by atoms with Gasteiger partial charge < -0.3 is 5.32 Å². The largest absolute Gasteiger partial charge is 0.325 e. The normalized spacial score (nSPS) is 10.2. The number of nitrogens with zero attached hydrogens (tertiary/aromatic N) is 3. The number of aryl methyl sites for hydroxylation is 1. The van der Waals surface area contributed by atoms with E-state index in [0.717, 1.165) is 15.7 Å². The third kappa shape index (κ3) is 3.10. The number of amides is 1. The summed E-state index contributed by atoms with van der Waals surface area (Å²) >= 11 is 3.37. The first-order chi connectivity index (χ1) is 8.15. The number of benzene rings is 1. The topological polar surface area (TPSA) is 83.6 Å². The number of carbonyl (C=O) groups is 1. The number of carbonyl (C=O) groups excluding carboxylic acids is 1. The van der Waals surface area contributed by atoms with Crippen LogP contribution in [0.15, 0.2) is 22.7 Å². The van der Waals surface area contributed by atoms with Crippen LogP contribution in [-0.4, -0.2) is 26.5 Å². The number of H-pyrrole nitrogens is 1. The molecule has 0 saturated heterocycles. The minimum absolute atomic E-state index is 0.103. The van der Waals surface area contributed by atoms with Crippen LogP contribution >= 0.6 is 15.9 Å². The molecule has 1 aromatic heterocycles. The van der Waals surface area contributed by atoms with Gasteiger partial charge in [0.1, 0.15) is 0 Å². The SMILES string of the molecule is Cc1cc(Br)ccc1NC(=O)Cc1nn[nH]n1. The highest BCUT2D eigenvalue weighted by molar-refractivity contribution is 9.10. The standard InChI is InChI=1S/C10H10BrN5O/c1-6-4-7(11)2-3-8(6)12-10(17)5-9-13-15-16-14-9/h2-4H,5H2,1H3,(H,12,17)(H,13,14,15,16). The van der Waals surface area contributed by atoms with Crippen molar-refractivity contribution in [3.05, 3.63) is 34.1 Å². The molecule has 6 nitrogen and oxygen atoms in total. The van der Waals surface area contributed by atoms with Crippen LogP contribution in [0.2, 0.25) is 0 Å². The van der Waals surface area contributed by atoms with Crippen LogP contribution < -0.4 is 5.32 Å². The number of hydrogen-bond acceptors (Lipinski definition) is 4. The lowest BCUT2D eigenvalue weighted by Gasteiger charge is -2.07. The third-order valence-corrected chi connectivity index (χ3v) is 2.66. The van der Waals surface area contributed by atoms with Crippen molar-refractivity contribution >= 4 is 27.5 Å². The highest BCUT2D eigenvalue weighted by Crippen LogP contribution is 2.19. The second kappa shape index (κ2) is 5.05. The lowest BCUT2D eigenvalue weighted by Crippen LogP contribution is -2.16. The second-order valence-electron chi connectivity index (χ2n) is 3.51. The molecule has 0 radical (unpaired) electrons. The van der Waals surface area contributed by atoms with E-state index < -0.39 is 0 Å². The van der Waals surface area contributed by atoms with E-state index in [0.29, 0.717) is 5.82 Å². The maximum absolute atomic E-state index is 11.7. The molecular formula is C10H10BrN5O. The number of hydrogen-bond donors (Lipinski definition) is 2. The maximum atomic E-state index is 11.7. The van der Waals surface area contributed by atoms with Gasteiger partial charge >= 0.3 is 0 Å². The van der Waals surface area contributed by atoms with E-state index in [-0.39, 0.29) is 12.3 Å². The highest BCUT2D eigenvalue weighted by Gasteiger charge is 2.08. The smallest absolute Gasteiger partial charge is 0.232 e. The molecule has 0 saturated carbocycles. The van der Waals surface area contributed by atoms with E-state index in [1.165, 1.54) is 0 Å². The van der Waals surface area contributed by atoms with Gasteiger partial charge in [-0.05, 0) is 30.7 Å². The highest BCUT2D eigenvalue weighted by atomic mass is 79.9. The molecule has 2 aromatic rings. The molecule has 7 heteroatoms. The molecule has 0 atom stereocenters. The van der Waals surface area contributed by atoms with E-state index in [9.17, 15) is 4.79 Å². The van der Waals surface area contributed by atoms with E-state index in [1.807, 2.05) is 25.1 Å². The summed E-state index contributed by atoms with van der Waals surface area (Å²) in [7, 11) is 0. The van der Waals surface area contributed by atoms with Crippen molar-refractivity contribution in [2.24, 2.45) is 0 Å². The van der Waals surface area contributed by atoms with Crippen molar-refractivity contribution in [2.45, 2.75) is 13.3 Å². The molecule has 0 aliphatic carbocycles. The molecule has 0 aliphatic heterocycles. The van der Waals surface area contributed by atoms with Gasteiger partial charge in [-0.2, -0.15) is 5.21 Å². The Morgan fingerprint density at radius 3 is 3.00 bits per heavy atom. The van der Waals surface area contributed by atoms with Crippen molar-refractivity contribution in [3.63, 3.8) is 0 Å². The fourth-order valence-corrected chi connectivity index (χ4v) is 1.84. The van der Waals surface area contributed by atoms with Crippen molar-refractivity contribution in [2.75, 3.05) is 5.32 Å². The Bertz CT molecular complexity index is 525. The fraction of sp³-hybridized carbons (Fsp3) is 0.200. The number of halogens is 1. The van der Waals surface area contributed by atoms with Gasteiger partial charge in [0.25, 0.3) is 0 Å². The zero-order valence-electron chi connectivity index (χ0n) is 9.07. The van der Waals surface area contributed by atoms with Gasteiger partial charge in [-0.25, -0.2) is 0 Å². The summed E-state index contributed by atoms with van der Waals surface area (Å²) in [5.41, 5.74) is 1.77. The van der Waals surface area contributed by atoms with Crippen LogP contribution in [-0.2, 0) is 11.2 Å². The summed E-state index contributed by atoms with van der Waals surface area (Å²) in [5.74, 6) is 0.203. The maximum Gasteiger partial charge on any atom is 0.232 e. The summed E-state index contributed by atoms with van der Waals surface area (Å²) in [6.45, 7) is 1.93. The van der Waals surface area contributed by atoms with Crippen LogP contribution in [0.3, 0.4) is 0 Å². The van der Waals surface area contributed by atoms with E-state index in [4.69, 9.17) is 0 Å². The quantitative estimate of drug-likeness (QED) is 0.898. The predicted molar refractivity (Wildman–Crippen MR) is 65.4 cm³/mol. The van der Waals surface area contributed by atoms with Gasteiger partial charge in [-0.3, -0.25) is 4.79 Å². The molecule has 0 unspecified atom stereocenters. The van der Waals surface area contributed by atoms with Gasteiger partial charge in [0.2, 0.25) is 5.91 Å². The Hall–Kier alpha value is -1.76. The Morgan fingerprint density at radius 1 is 1.53 bits per heavy atom. The molecular weight excluding hydrogens is 286 g/mol. The van der Waals surface area contributed by atoms with Crippen LogP contribution in [0.5, 0.6) is 0 Å². The summed E-state index contributed by atoms with van der Waals surface area (Å²) in [5, 5.41) is 15.9. The van der Waals surface area contributed by atoms with Gasteiger partial charge in [-0.15, -0.1) is 10.2 Å². The van der Waals surface area contributed by atoms with Crippen LogP contribution in [0.4, 0.5) is 5.69 Å².